The number of hydrogen-bond donors (Lipinski definition) is 2. The number of carboxylic acids is 1. The number of halogens is 3. The van der Waals surface area contributed by atoms with Gasteiger partial charge >= 0.3 is 12.1 Å². The fourth-order valence-corrected chi connectivity index (χ4v) is 2.30. The van der Waals surface area contributed by atoms with Crippen LogP contribution in [-0.4, -0.2) is 53.1 Å². The number of carbonyl (C=O) groups is 3. The van der Waals surface area contributed by atoms with E-state index in [0.717, 1.165) is 0 Å². The third-order valence-electron chi connectivity index (χ3n) is 3.28. The molecule has 1 heterocycles. The fourth-order valence-electron chi connectivity index (χ4n) is 2.30. The summed E-state index contributed by atoms with van der Waals surface area (Å²) in [6, 6.07) is -1.11. The van der Waals surface area contributed by atoms with E-state index >= 15 is 0 Å². The van der Waals surface area contributed by atoms with Crippen LogP contribution in [0.3, 0.4) is 0 Å². The standard InChI is InChI=1S/C13H19F3N2O4/c1-7(2)3-9(12(21)22)17-11(20)8-4-10(19)18(5-8)6-13(14,15)16/h7-9H,3-6H2,1-2H3,(H,17,20)(H,21,22)/t8?,9-/m0/s1. The molecule has 1 unspecified atom stereocenters. The number of likely N-dealkylation sites (tertiary alicyclic amines) is 1. The number of nitrogens with one attached hydrogen (secondary N) is 1. The number of nitrogens with zero attached hydrogens (tertiary/aromatic N) is 1. The van der Waals surface area contributed by atoms with Gasteiger partial charge in [0.15, 0.2) is 0 Å². The smallest absolute Gasteiger partial charge is 0.406 e. The van der Waals surface area contributed by atoms with Crippen molar-refractivity contribution in [2.24, 2.45) is 11.8 Å². The number of carbonyl (C=O) groups excluding carboxylic acids is 2. The molecular weight excluding hydrogens is 305 g/mol. The van der Waals surface area contributed by atoms with Gasteiger partial charge in [0.2, 0.25) is 11.8 Å². The van der Waals surface area contributed by atoms with Crippen LogP contribution in [-0.2, 0) is 14.4 Å². The second-order valence-electron chi connectivity index (χ2n) is 5.82. The molecule has 1 fully saturated rings. The molecule has 2 amide bonds. The lowest BCUT2D eigenvalue weighted by Crippen LogP contribution is -2.45. The quantitative estimate of drug-likeness (QED) is 0.763. The first kappa shape index (κ1) is 18.2. The van der Waals surface area contributed by atoms with Gasteiger partial charge in [-0.25, -0.2) is 4.79 Å². The van der Waals surface area contributed by atoms with E-state index in [1.54, 1.807) is 13.8 Å². The van der Waals surface area contributed by atoms with Crippen molar-refractivity contribution in [3.8, 4) is 0 Å². The lowest BCUT2D eigenvalue weighted by atomic mass is 10.0. The Bertz CT molecular complexity index is 451. The third kappa shape index (κ3) is 5.53. The van der Waals surface area contributed by atoms with Crippen molar-refractivity contribution in [1.29, 1.82) is 0 Å². The minimum atomic E-state index is -4.53. The maximum Gasteiger partial charge on any atom is 0.406 e. The Morgan fingerprint density at radius 2 is 2.00 bits per heavy atom. The normalized spacial score (nSPS) is 20.4. The summed E-state index contributed by atoms with van der Waals surface area (Å²) in [5.74, 6) is -3.60. The number of amides is 2. The summed E-state index contributed by atoms with van der Waals surface area (Å²) in [5.41, 5.74) is 0. The lowest BCUT2D eigenvalue weighted by molar-refractivity contribution is -0.157. The molecule has 0 spiro atoms. The zero-order valence-electron chi connectivity index (χ0n) is 12.3. The van der Waals surface area contributed by atoms with Gasteiger partial charge in [0, 0.05) is 13.0 Å². The second-order valence-corrected chi connectivity index (χ2v) is 5.82. The van der Waals surface area contributed by atoms with E-state index in [1.807, 2.05) is 0 Å². The first-order chi connectivity index (χ1) is 9.99. The van der Waals surface area contributed by atoms with E-state index in [4.69, 9.17) is 5.11 Å². The molecular formula is C13H19F3N2O4. The Kier molecular flexibility index (Phi) is 5.78. The summed E-state index contributed by atoms with van der Waals surface area (Å²) in [7, 11) is 0. The van der Waals surface area contributed by atoms with Gasteiger partial charge < -0.3 is 15.3 Å². The molecule has 1 rings (SSSR count). The summed E-state index contributed by atoms with van der Waals surface area (Å²) in [4.78, 5) is 35.1. The van der Waals surface area contributed by atoms with Gasteiger partial charge in [0.05, 0.1) is 5.92 Å². The molecule has 2 N–H and O–H groups in total. The van der Waals surface area contributed by atoms with E-state index in [2.05, 4.69) is 5.32 Å². The van der Waals surface area contributed by atoms with Gasteiger partial charge in [-0.05, 0) is 12.3 Å². The summed E-state index contributed by atoms with van der Waals surface area (Å²) < 4.78 is 36.9. The first-order valence-corrected chi connectivity index (χ1v) is 6.87. The molecule has 0 aliphatic carbocycles. The molecule has 2 atom stereocenters. The first-order valence-electron chi connectivity index (χ1n) is 6.87. The highest BCUT2D eigenvalue weighted by Gasteiger charge is 2.41. The third-order valence-corrected chi connectivity index (χ3v) is 3.28. The van der Waals surface area contributed by atoms with Crippen LogP contribution >= 0.6 is 0 Å². The van der Waals surface area contributed by atoms with Crippen molar-refractivity contribution in [2.75, 3.05) is 13.1 Å². The van der Waals surface area contributed by atoms with Crippen molar-refractivity contribution >= 4 is 17.8 Å². The average molecular weight is 324 g/mol. The van der Waals surface area contributed by atoms with Crippen LogP contribution in [0.5, 0.6) is 0 Å². The van der Waals surface area contributed by atoms with Crippen LogP contribution < -0.4 is 5.32 Å². The van der Waals surface area contributed by atoms with E-state index < -0.39 is 42.5 Å². The number of carboxylic acid groups (broad SMARTS) is 1. The van der Waals surface area contributed by atoms with Crippen LogP contribution in [0.4, 0.5) is 13.2 Å². The van der Waals surface area contributed by atoms with Gasteiger partial charge in [-0.2, -0.15) is 13.2 Å². The highest BCUT2D eigenvalue weighted by molar-refractivity contribution is 5.91. The van der Waals surface area contributed by atoms with Crippen LogP contribution in [0.2, 0.25) is 0 Å². The number of alkyl halides is 3. The summed E-state index contributed by atoms with van der Waals surface area (Å²) in [6.07, 6.45) is -4.66. The lowest BCUT2D eigenvalue weighted by Gasteiger charge is -2.20. The monoisotopic (exact) mass is 324 g/mol. The van der Waals surface area contributed by atoms with Crippen LogP contribution in [0.25, 0.3) is 0 Å². The SMILES string of the molecule is CC(C)C[C@H](NC(=O)C1CC(=O)N(CC(F)(F)F)C1)C(=O)O. The molecule has 0 radical (unpaired) electrons. The van der Waals surface area contributed by atoms with Crippen molar-refractivity contribution in [3.05, 3.63) is 0 Å². The Hall–Kier alpha value is -1.80. The minimum Gasteiger partial charge on any atom is -0.480 e. The molecule has 22 heavy (non-hydrogen) atoms. The number of hydrogen-bond acceptors (Lipinski definition) is 3. The Morgan fingerprint density at radius 1 is 1.41 bits per heavy atom. The van der Waals surface area contributed by atoms with E-state index in [1.165, 1.54) is 0 Å². The topological polar surface area (TPSA) is 86.7 Å². The zero-order chi connectivity index (χ0) is 17.1. The van der Waals surface area contributed by atoms with Crippen molar-refractivity contribution in [3.63, 3.8) is 0 Å². The van der Waals surface area contributed by atoms with E-state index in [9.17, 15) is 27.6 Å². The highest BCUT2D eigenvalue weighted by Crippen LogP contribution is 2.24. The fraction of sp³-hybridized carbons (Fsp3) is 0.769. The van der Waals surface area contributed by atoms with Crippen molar-refractivity contribution < 1.29 is 32.7 Å². The minimum absolute atomic E-state index is 0.0216. The maximum absolute atomic E-state index is 12.3. The Morgan fingerprint density at radius 3 is 2.45 bits per heavy atom. The molecule has 1 aliphatic rings. The number of aliphatic carboxylic acids is 1. The van der Waals surface area contributed by atoms with Gasteiger partial charge in [-0.3, -0.25) is 9.59 Å². The Balaban J connectivity index is 2.63. The van der Waals surface area contributed by atoms with Crippen LogP contribution in [0, 0.1) is 11.8 Å². The molecule has 9 heteroatoms. The van der Waals surface area contributed by atoms with E-state index in [-0.39, 0.29) is 25.3 Å². The summed E-state index contributed by atoms with van der Waals surface area (Å²) in [6.45, 7) is 1.82. The van der Waals surface area contributed by atoms with Gasteiger partial charge in [-0.1, -0.05) is 13.8 Å². The zero-order valence-corrected chi connectivity index (χ0v) is 12.3. The Labute approximate surface area is 125 Å². The van der Waals surface area contributed by atoms with Gasteiger partial charge in [0.25, 0.3) is 0 Å². The van der Waals surface area contributed by atoms with Crippen molar-refractivity contribution in [2.45, 2.75) is 38.9 Å². The van der Waals surface area contributed by atoms with E-state index in [0.29, 0.717) is 4.90 Å². The summed E-state index contributed by atoms with van der Waals surface area (Å²) >= 11 is 0. The van der Waals surface area contributed by atoms with Gasteiger partial charge in [-0.15, -0.1) is 0 Å². The van der Waals surface area contributed by atoms with Crippen LogP contribution in [0.1, 0.15) is 26.7 Å². The average Bonchev–Trinajstić information content (AvgIpc) is 2.67. The maximum atomic E-state index is 12.3. The van der Waals surface area contributed by atoms with Crippen molar-refractivity contribution in [1.82, 2.24) is 10.2 Å². The predicted molar refractivity (Wildman–Crippen MR) is 69.8 cm³/mol. The molecule has 1 aliphatic heterocycles. The predicted octanol–water partition coefficient (Wildman–Crippen LogP) is 1.01. The van der Waals surface area contributed by atoms with Crippen LogP contribution in [0.15, 0.2) is 0 Å². The van der Waals surface area contributed by atoms with Gasteiger partial charge in [0.1, 0.15) is 12.6 Å². The molecule has 0 aromatic carbocycles. The highest BCUT2D eigenvalue weighted by atomic mass is 19.4. The number of rotatable bonds is 6. The molecule has 6 nitrogen and oxygen atoms in total. The molecule has 0 aromatic heterocycles. The molecule has 1 saturated heterocycles. The summed E-state index contributed by atoms with van der Waals surface area (Å²) in [5, 5.41) is 11.3. The molecule has 0 saturated carbocycles. The second kappa shape index (κ2) is 6.97. The molecule has 0 bridgehead atoms. The molecule has 0 aromatic rings. The largest absolute Gasteiger partial charge is 0.480 e. The molecule has 126 valence electrons.